The summed E-state index contributed by atoms with van der Waals surface area (Å²) in [7, 11) is 3.34. The highest BCUT2D eigenvalue weighted by atomic mass is 35.5. The van der Waals surface area contributed by atoms with Gasteiger partial charge in [-0.15, -0.1) is 0 Å². The Morgan fingerprint density at radius 1 is 1.09 bits per heavy atom. The molecule has 7 nitrogen and oxygen atoms in total. The summed E-state index contributed by atoms with van der Waals surface area (Å²) in [5.41, 5.74) is 2.55. The summed E-state index contributed by atoms with van der Waals surface area (Å²) in [6.07, 6.45) is 0.536. The Hall–Kier alpha value is -3.71. The summed E-state index contributed by atoms with van der Waals surface area (Å²) in [6.45, 7) is 0.734. The molecule has 34 heavy (non-hydrogen) atoms. The maximum Gasteiger partial charge on any atom is 0.339 e. The molecule has 172 valence electrons. The second-order valence-corrected chi connectivity index (χ2v) is 9.12. The van der Waals surface area contributed by atoms with Gasteiger partial charge in [-0.2, -0.15) is 0 Å². The first-order valence-corrected chi connectivity index (χ1v) is 11.3. The number of halogens is 1. The number of amides is 2. The molecule has 3 heterocycles. The number of carbonyl (C=O) groups is 3. The van der Waals surface area contributed by atoms with Crippen LogP contribution in [0, 0.1) is 0 Å². The molecular formula is C26H22ClN3O4. The van der Waals surface area contributed by atoms with E-state index in [9.17, 15) is 14.4 Å². The van der Waals surface area contributed by atoms with Crippen molar-refractivity contribution in [1.82, 2.24) is 14.8 Å². The zero-order valence-electron chi connectivity index (χ0n) is 18.7. The molecule has 1 aromatic heterocycles. The number of benzene rings is 2. The van der Waals surface area contributed by atoms with E-state index in [0.29, 0.717) is 46.1 Å². The van der Waals surface area contributed by atoms with Gasteiger partial charge in [0.25, 0.3) is 11.8 Å². The maximum absolute atomic E-state index is 13.3. The van der Waals surface area contributed by atoms with Gasteiger partial charge in [0.2, 0.25) is 0 Å². The lowest BCUT2D eigenvalue weighted by Gasteiger charge is -2.24. The third kappa shape index (κ3) is 3.62. The lowest BCUT2D eigenvalue weighted by molar-refractivity contribution is -0.00306. The number of fused-ring (bicyclic) bond motifs is 2. The SMILES string of the molecule is CN(C)C(=O)c1cccc(-c2ccc(C(=O)N3CC[C@@]4(C3)OC(=O)c3ccccc34)c(Cl)c2)n1. The van der Waals surface area contributed by atoms with Crippen LogP contribution in [-0.4, -0.2) is 59.8 Å². The first kappa shape index (κ1) is 22.1. The molecule has 1 fully saturated rings. The Morgan fingerprint density at radius 3 is 2.65 bits per heavy atom. The van der Waals surface area contributed by atoms with E-state index in [1.54, 1.807) is 67.5 Å². The average molecular weight is 476 g/mol. The Kier molecular flexibility index (Phi) is 5.37. The van der Waals surface area contributed by atoms with Crippen molar-refractivity contribution in [2.24, 2.45) is 0 Å². The van der Waals surface area contributed by atoms with Gasteiger partial charge in [0.05, 0.1) is 28.4 Å². The number of pyridine rings is 1. The highest BCUT2D eigenvalue weighted by Crippen LogP contribution is 2.43. The zero-order chi connectivity index (χ0) is 24.0. The van der Waals surface area contributed by atoms with E-state index < -0.39 is 5.60 Å². The van der Waals surface area contributed by atoms with Gasteiger partial charge in [-0.05, 0) is 30.3 Å². The summed E-state index contributed by atoms with van der Waals surface area (Å²) >= 11 is 6.52. The molecular weight excluding hydrogens is 454 g/mol. The highest BCUT2D eigenvalue weighted by Gasteiger charge is 2.51. The van der Waals surface area contributed by atoms with Crippen LogP contribution in [-0.2, 0) is 10.3 Å². The van der Waals surface area contributed by atoms with Crippen LogP contribution in [0.25, 0.3) is 11.3 Å². The van der Waals surface area contributed by atoms with Gasteiger partial charge in [0, 0.05) is 38.2 Å². The largest absolute Gasteiger partial charge is 0.449 e. The van der Waals surface area contributed by atoms with Crippen LogP contribution in [0.3, 0.4) is 0 Å². The standard InChI is InChI=1S/C26H22ClN3O4/c1-29(2)24(32)22-9-5-8-21(28-22)16-10-11-18(20(27)14-16)23(31)30-13-12-26(15-30)19-7-4-3-6-17(19)25(33)34-26/h3-11,14H,12-13,15H2,1-2H3/t26-/m0/s1. The molecule has 3 aromatic rings. The van der Waals surface area contributed by atoms with Crippen LogP contribution in [0.15, 0.2) is 60.7 Å². The number of likely N-dealkylation sites (tertiary alicyclic amines) is 1. The topological polar surface area (TPSA) is 79.8 Å². The van der Waals surface area contributed by atoms with E-state index in [1.165, 1.54) is 4.90 Å². The number of ether oxygens (including phenoxy) is 1. The molecule has 0 unspecified atom stereocenters. The van der Waals surface area contributed by atoms with Gasteiger partial charge in [-0.3, -0.25) is 9.59 Å². The second-order valence-electron chi connectivity index (χ2n) is 8.71. The molecule has 2 amide bonds. The van der Waals surface area contributed by atoms with E-state index in [-0.39, 0.29) is 24.3 Å². The van der Waals surface area contributed by atoms with Crippen molar-refractivity contribution >= 4 is 29.4 Å². The van der Waals surface area contributed by atoms with Gasteiger partial charge >= 0.3 is 5.97 Å². The summed E-state index contributed by atoms with van der Waals surface area (Å²) in [5, 5.41) is 0.290. The summed E-state index contributed by atoms with van der Waals surface area (Å²) in [6, 6.07) is 17.6. The minimum absolute atomic E-state index is 0.197. The maximum atomic E-state index is 13.3. The summed E-state index contributed by atoms with van der Waals surface area (Å²) in [4.78, 5) is 45.4. The number of aromatic nitrogens is 1. The van der Waals surface area contributed by atoms with Gasteiger partial charge in [0.15, 0.2) is 5.60 Å². The molecule has 1 saturated heterocycles. The van der Waals surface area contributed by atoms with E-state index in [0.717, 1.165) is 5.56 Å². The molecule has 0 N–H and O–H groups in total. The summed E-state index contributed by atoms with van der Waals surface area (Å²) < 4.78 is 5.75. The van der Waals surface area contributed by atoms with Crippen molar-refractivity contribution in [2.45, 2.75) is 12.0 Å². The fourth-order valence-corrected chi connectivity index (χ4v) is 4.83. The van der Waals surface area contributed by atoms with Gasteiger partial charge < -0.3 is 14.5 Å². The number of carbonyl (C=O) groups excluding carboxylic acids is 3. The predicted molar refractivity (Wildman–Crippen MR) is 127 cm³/mol. The lowest BCUT2D eigenvalue weighted by Crippen LogP contribution is -2.34. The molecule has 1 spiro atoms. The van der Waals surface area contributed by atoms with E-state index in [1.807, 2.05) is 12.1 Å². The van der Waals surface area contributed by atoms with Crippen molar-refractivity contribution in [3.05, 3.63) is 88.1 Å². The first-order valence-electron chi connectivity index (χ1n) is 10.9. The molecule has 0 aliphatic carbocycles. The van der Waals surface area contributed by atoms with Crippen molar-refractivity contribution in [2.75, 3.05) is 27.2 Å². The van der Waals surface area contributed by atoms with Crippen molar-refractivity contribution in [3.63, 3.8) is 0 Å². The van der Waals surface area contributed by atoms with Gasteiger partial charge in [-0.25, -0.2) is 9.78 Å². The van der Waals surface area contributed by atoms with Crippen LogP contribution in [0.5, 0.6) is 0 Å². The Balaban J connectivity index is 1.38. The minimum Gasteiger partial charge on any atom is -0.449 e. The van der Waals surface area contributed by atoms with E-state index in [2.05, 4.69) is 4.98 Å². The average Bonchev–Trinajstić information content (AvgIpc) is 3.39. The monoisotopic (exact) mass is 475 g/mol. The normalized spacial score (nSPS) is 18.7. The third-order valence-electron chi connectivity index (χ3n) is 6.31. The van der Waals surface area contributed by atoms with E-state index >= 15 is 0 Å². The molecule has 0 radical (unpaired) electrons. The molecule has 0 saturated carbocycles. The molecule has 2 aliphatic heterocycles. The molecule has 8 heteroatoms. The fourth-order valence-electron chi connectivity index (χ4n) is 4.57. The van der Waals surface area contributed by atoms with Crippen LogP contribution < -0.4 is 0 Å². The molecule has 5 rings (SSSR count). The molecule has 2 aliphatic rings. The highest BCUT2D eigenvalue weighted by molar-refractivity contribution is 6.34. The summed E-state index contributed by atoms with van der Waals surface area (Å²) in [5.74, 6) is -0.773. The predicted octanol–water partition coefficient (Wildman–Crippen LogP) is 4.02. The number of nitrogens with zero attached hydrogens (tertiary/aromatic N) is 3. The third-order valence-corrected chi connectivity index (χ3v) is 6.63. The number of esters is 1. The lowest BCUT2D eigenvalue weighted by atomic mass is 9.91. The Bertz CT molecular complexity index is 1340. The first-order chi connectivity index (χ1) is 16.3. The van der Waals surface area contributed by atoms with E-state index in [4.69, 9.17) is 16.3 Å². The second kappa shape index (κ2) is 8.25. The van der Waals surface area contributed by atoms with Crippen LogP contribution >= 0.6 is 11.6 Å². The molecule has 1 atom stereocenters. The van der Waals surface area contributed by atoms with Crippen LogP contribution in [0.1, 0.15) is 43.2 Å². The molecule has 0 bridgehead atoms. The Morgan fingerprint density at radius 2 is 1.88 bits per heavy atom. The minimum atomic E-state index is -0.806. The fraction of sp³-hybridized carbons (Fsp3) is 0.231. The van der Waals surface area contributed by atoms with Crippen molar-refractivity contribution in [1.29, 1.82) is 0 Å². The quantitative estimate of drug-likeness (QED) is 0.535. The smallest absolute Gasteiger partial charge is 0.339 e. The number of hydrogen-bond donors (Lipinski definition) is 0. The van der Waals surface area contributed by atoms with Crippen LogP contribution in [0.2, 0.25) is 5.02 Å². The van der Waals surface area contributed by atoms with Crippen molar-refractivity contribution in [3.8, 4) is 11.3 Å². The van der Waals surface area contributed by atoms with Gasteiger partial charge in [-0.1, -0.05) is 41.9 Å². The molecule has 2 aromatic carbocycles. The number of hydrogen-bond acceptors (Lipinski definition) is 5. The number of rotatable bonds is 3. The van der Waals surface area contributed by atoms with Crippen molar-refractivity contribution < 1.29 is 19.1 Å². The van der Waals surface area contributed by atoms with Gasteiger partial charge in [0.1, 0.15) is 5.69 Å². The van der Waals surface area contributed by atoms with Crippen LogP contribution in [0.4, 0.5) is 0 Å². The Labute approximate surface area is 201 Å². The zero-order valence-corrected chi connectivity index (χ0v) is 19.5.